The van der Waals surface area contributed by atoms with Gasteiger partial charge in [0.1, 0.15) is 5.84 Å². The van der Waals surface area contributed by atoms with Gasteiger partial charge in [-0.15, -0.1) is 0 Å². The summed E-state index contributed by atoms with van der Waals surface area (Å²) < 4.78 is 1.02. The molecule has 0 atom stereocenters. The van der Waals surface area contributed by atoms with E-state index in [1.807, 2.05) is 12.1 Å². The number of amidine groups is 1. The SMILES string of the molecule is CCCN1C(=NC(=O)c2cccc(C#N)c2)Cc2cc(Br)ccc21. The topological polar surface area (TPSA) is 56.5 Å². The Morgan fingerprint density at radius 3 is 2.92 bits per heavy atom. The number of halogens is 1. The predicted molar refractivity (Wildman–Crippen MR) is 98.4 cm³/mol. The first-order chi connectivity index (χ1) is 11.6. The lowest BCUT2D eigenvalue weighted by molar-refractivity contribution is 0.100. The summed E-state index contributed by atoms with van der Waals surface area (Å²) in [5, 5.41) is 8.97. The van der Waals surface area contributed by atoms with Crippen LogP contribution in [-0.4, -0.2) is 18.3 Å². The zero-order valence-corrected chi connectivity index (χ0v) is 14.9. The summed E-state index contributed by atoms with van der Waals surface area (Å²) in [7, 11) is 0. The molecule has 5 heteroatoms. The third kappa shape index (κ3) is 3.24. The molecule has 0 N–H and O–H groups in total. The Bertz CT molecular complexity index is 867. The number of aliphatic imine (C=N–C) groups is 1. The molecule has 0 aromatic heterocycles. The summed E-state index contributed by atoms with van der Waals surface area (Å²) in [4.78, 5) is 19.0. The molecule has 120 valence electrons. The van der Waals surface area contributed by atoms with E-state index in [1.54, 1.807) is 24.3 Å². The summed E-state index contributed by atoms with van der Waals surface area (Å²) in [5.41, 5.74) is 3.17. The van der Waals surface area contributed by atoms with Gasteiger partial charge in [0.25, 0.3) is 5.91 Å². The van der Waals surface area contributed by atoms with Crippen LogP contribution in [-0.2, 0) is 6.42 Å². The maximum absolute atomic E-state index is 12.5. The maximum atomic E-state index is 12.5. The highest BCUT2D eigenvalue weighted by molar-refractivity contribution is 9.10. The van der Waals surface area contributed by atoms with E-state index in [4.69, 9.17) is 5.26 Å². The minimum atomic E-state index is -0.310. The highest BCUT2D eigenvalue weighted by atomic mass is 79.9. The van der Waals surface area contributed by atoms with Crippen molar-refractivity contribution in [1.82, 2.24) is 0 Å². The van der Waals surface area contributed by atoms with Crippen LogP contribution < -0.4 is 4.90 Å². The zero-order valence-electron chi connectivity index (χ0n) is 13.3. The Kier molecular flexibility index (Phi) is 4.77. The van der Waals surface area contributed by atoms with Gasteiger partial charge < -0.3 is 4.90 Å². The lowest BCUT2D eigenvalue weighted by Gasteiger charge is -2.19. The molecule has 2 aromatic rings. The van der Waals surface area contributed by atoms with Crippen molar-refractivity contribution in [2.75, 3.05) is 11.4 Å². The lowest BCUT2D eigenvalue weighted by atomic mass is 10.1. The second-order valence-electron chi connectivity index (χ2n) is 5.63. The third-order valence-electron chi connectivity index (χ3n) is 3.91. The number of rotatable bonds is 3. The molecule has 1 amide bonds. The quantitative estimate of drug-likeness (QED) is 0.794. The molecule has 3 rings (SSSR count). The number of benzene rings is 2. The van der Waals surface area contributed by atoms with Gasteiger partial charge in [-0.25, -0.2) is 0 Å². The molecule has 0 spiro atoms. The molecule has 0 radical (unpaired) electrons. The van der Waals surface area contributed by atoms with Crippen molar-refractivity contribution in [3.05, 3.63) is 63.6 Å². The van der Waals surface area contributed by atoms with E-state index in [9.17, 15) is 4.79 Å². The molecule has 2 aromatic carbocycles. The lowest BCUT2D eigenvalue weighted by Crippen LogP contribution is -2.28. The number of anilines is 1. The van der Waals surface area contributed by atoms with Crippen LogP contribution in [0.1, 0.15) is 34.8 Å². The molecule has 0 bridgehead atoms. The Morgan fingerprint density at radius 2 is 2.17 bits per heavy atom. The summed E-state index contributed by atoms with van der Waals surface area (Å²) >= 11 is 3.49. The van der Waals surface area contributed by atoms with Gasteiger partial charge in [-0.3, -0.25) is 4.79 Å². The van der Waals surface area contributed by atoms with Crippen molar-refractivity contribution in [1.29, 1.82) is 5.26 Å². The predicted octanol–water partition coefficient (Wildman–Crippen LogP) is 4.33. The molecule has 0 unspecified atom stereocenters. The first-order valence-electron chi connectivity index (χ1n) is 7.80. The molecular weight excluding hydrogens is 366 g/mol. The molecule has 24 heavy (non-hydrogen) atoms. The number of nitriles is 1. The van der Waals surface area contributed by atoms with E-state index in [2.05, 4.69) is 44.9 Å². The molecule has 0 aliphatic carbocycles. The van der Waals surface area contributed by atoms with Crippen LogP contribution >= 0.6 is 15.9 Å². The fourth-order valence-corrected chi connectivity index (χ4v) is 3.25. The van der Waals surface area contributed by atoms with Gasteiger partial charge in [0, 0.05) is 28.7 Å². The van der Waals surface area contributed by atoms with Crippen LogP contribution in [0.4, 0.5) is 5.69 Å². The smallest absolute Gasteiger partial charge is 0.278 e. The van der Waals surface area contributed by atoms with Gasteiger partial charge in [0.2, 0.25) is 0 Å². The van der Waals surface area contributed by atoms with Gasteiger partial charge in [0.05, 0.1) is 11.6 Å². The van der Waals surface area contributed by atoms with E-state index >= 15 is 0 Å². The number of fused-ring (bicyclic) bond motifs is 1. The van der Waals surface area contributed by atoms with Gasteiger partial charge in [-0.1, -0.05) is 28.9 Å². The second kappa shape index (κ2) is 6.98. The second-order valence-corrected chi connectivity index (χ2v) is 6.54. The van der Waals surface area contributed by atoms with Crippen LogP contribution in [0.5, 0.6) is 0 Å². The average Bonchev–Trinajstić information content (AvgIpc) is 2.91. The van der Waals surface area contributed by atoms with E-state index in [-0.39, 0.29) is 5.91 Å². The molecule has 4 nitrogen and oxygen atoms in total. The number of carbonyl (C=O) groups excluding carboxylic acids is 1. The molecule has 0 saturated carbocycles. The molecule has 0 fully saturated rings. The maximum Gasteiger partial charge on any atom is 0.278 e. The van der Waals surface area contributed by atoms with Crippen LogP contribution in [0.25, 0.3) is 0 Å². The Morgan fingerprint density at radius 1 is 1.33 bits per heavy atom. The van der Waals surface area contributed by atoms with Crippen LogP contribution in [0, 0.1) is 11.3 Å². The van der Waals surface area contributed by atoms with Gasteiger partial charge in [-0.05, 0) is 48.4 Å². The largest absolute Gasteiger partial charge is 0.329 e. The number of carbonyl (C=O) groups is 1. The molecule has 1 heterocycles. The van der Waals surface area contributed by atoms with E-state index in [0.717, 1.165) is 34.5 Å². The average molecular weight is 382 g/mol. The van der Waals surface area contributed by atoms with E-state index in [1.165, 1.54) is 0 Å². The van der Waals surface area contributed by atoms with Crippen LogP contribution in [0.2, 0.25) is 0 Å². The van der Waals surface area contributed by atoms with Gasteiger partial charge in [0.15, 0.2) is 0 Å². The van der Waals surface area contributed by atoms with Crippen molar-refractivity contribution in [2.45, 2.75) is 19.8 Å². The van der Waals surface area contributed by atoms with Crippen molar-refractivity contribution in [3.63, 3.8) is 0 Å². The highest BCUT2D eigenvalue weighted by Crippen LogP contribution is 2.32. The van der Waals surface area contributed by atoms with Gasteiger partial charge in [-0.2, -0.15) is 10.3 Å². The number of nitrogens with zero attached hydrogens (tertiary/aromatic N) is 3. The minimum absolute atomic E-state index is 0.310. The van der Waals surface area contributed by atoms with Crippen molar-refractivity contribution in [3.8, 4) is 6.07 Å². The van der Waals surface area contributed by atoms with Crippen molar-refractivity contribution >= 4 is 33.4 Å². The molecule has 1 aliphatic heterocycles. The molecule has 1 aliphatic rings. The van der Waals surface area contributed by atoms with E-state index < -0.39 is 0 Å². The molecule has 0 saturated heterocycles. The third-order valence-corrected chi connectivity index (χ3v) is 4.40. The first kappa shape index (κ1) is 16.4. The molecular formula is C19H16BrN3O. The Hall–Kier alpha value is -2.45. The fourth-order valence-electron chi connectivity index (χ4n) is 2.84. The Labute approximate surface area is 149 Å². The van der Waals surface area contributed by atoms with Crippen molar-refractivity contribution < 1.29 is 4.79 Å². The van der Waals surface area contributed by atoms with Crippen molar-refractivity contribution in [2.24, 2.45) is 4.99 Å². The summed E-state index contributed by atoms with van der Waals surface area (Å²) in [6.07, 6.45) is 1.60. The summed E-state index contributed by atoms with van der Waals surface area (Å²) in [5.74, 6) is 0.451. The monoisotopic (exact) mass is 381 g/mol. The highest BCUT2D eigenvalue weighted by Gasteiger charge is 2.26. The normalized spacial score (nSPS) is 14.5. The van der Waals surface area contributed by atoms with E-state index in [0.29, 0.717) is 17.5 Å². The summed E-state index contributed by atoms with van der Waals surface area (Å²) in [6, 6.07) is 14.8. The first-order valence-corrected chi connectivity index (χ1v) is 8.59. The summed E-state index contributed by atoms with van der Waals surface area (Å²) in [6.45, 7) is 2.92. The van der Waals surface area contributed by atoms with Gasteiger partial charge >= 0.3 is 0 Å². The number of hydrogen-bond donors (Lipinski definition) is 0. The number of hydrogen-bond acceptors (Lipinski definition) is 2. The minimum Gasteiger partial charge on any atom is -0.329 e. The number of amides is 1. The standard InChI is InChI=1S/C19H16BrN3O/c1-2-8-23-17-7-6-16(20)10-15(17)11-18(23)22-19(24)14-5-3-4-13(9-14)12-21/h3-7,9-10H,2,8,11H2,1H3. The zero-order chi connectivity index (χ0) is 17.1. The fraction of sp³-hybridized carbons (Fsp3) is 0.211. The van der Waals surface area contributed by atoms with Crippen LogP contribution in [0.3, 0.4) is 0 Å². The Balaban J connectivity index is 1.94. The van der Waals surface area contributed by atoms with Crippen LogP contribution in [0.15, 0.2) is 51.9 Å².